The Balaban J connectivity index is 1.68. The Morgan fingerprint density at radius 2 is 2.06 bits per heavy atom. The summed E-state index contributed by atoms with van der Waals surface area (Å²) in [6.07, 6.45) is 5.98. The standard InChI is InChI=1S/C25H28N4O5/c1-13-5-8-20-17(9-13)19(12-28(20)14(2)30)23-22(24(31)26-25(23)32)18-11-27(3)21-10-15(29(33)34-4)6-7-16(18)21/h5-8,10-11,13-14,19,29-30H,9,12H2,1-4H3,(H,26,31,32). The third kappa shape index (κ3) is 3.40. The van der Waals surface area contributed by atoms with Crippen molar-refractivity contribution >= 4 is 34.0 Å². The SMILES string of the molecule is CO[NH+]([O-])c1ccc2c(C3=C(C4CN(C(C)O)C5=C4CC(C)C=C5)C(=O)NC3=O)cn(C)c2c1. The first-order valence-electron chi connectivity index (χ1n) is 11.3. The van der Waals surface area contributed by atoms with E-state index in [1.165, 1.54) is 7.11 Å². The highest BCUT2D eigenvalue weighted by Crippen LogP contribution is 2.45. The summed E-state index contributed by atoms with van der Waals surface area (Å²) >= 11 is 0. The van der Waals surface area contributed by atoms with Crippen LogP contribution in [0.15, 0.2) is 53.4 Å². The second-order valence-electron chi connectivity index (χ2n) is 9.24. The molecule has 3 aliphatic rings. The van der Waals surface area contributed by atoms with Crippen LogP contribution in [-0.4, -0.2) is 46.3 Å². The number of nitrogens with zero attached hydrogens (tertiary/aromatic N) is 2. The van der Waals surface area contributed by atoms with Crippen LogP contribution < -0.4 is 10.5 Å². The molecule has 1 aromatic carbocycles. The maximum absolute atomic E-state index is 13.1. The van der Waals surface area contributed by atoms with Gasteiger partial charge in [0, 0.05) is 60.1 Å². The fraction of sp³-hybridized carbons (Fsp3) is 0.360. The quantitative estimate of drug-likeness (QED) is 0.454. The van der Waals surface area contributed by atoms with Crippen LogP contribution in [0.1, 0.15) is 25.8 Å². The lowest BCUT2D eigenvalue weighted by molar-refractivity contribution is -0.992. The molecule has 2 amide bonds. The van der Waals surface area contributed by atoms with E-state index in [1.807, 2.05) is 28.8 Å². The third-order valence-corrected chi connectivity index (χ3v) is 7.01. The Labute approximate surface area is 197 Å². The predicted octanol–water partition coefficient (Wildman–Crippen LogP) is 1.28. The van der Waals surface area contributed by atoms with Gasteiger partial charge in [-0.25, -0.2) is 4.84 Å². The van der Waals surface area contributed by atoms with Crippen molar-refractivity contribution in [2.24, 2.45) is 18.9 Å². The van der Waals surface area contributed by atoms with Gasteiger partial charge in [-0.3, -0.25) is 14.9 Å². The highest BCUT2D eigenvalue weighted by atomic mass is 16.9. The third-order valence-electron chi connectivity index (χ3n) is 7.01. The molecule has 4 atom stereocenters. The summed E-state index contributed by atoms with van der Waals surface area (Å²) in [5.74, 6) is -0.826. The minimum absolute atomic E-state index is 0.300. The molecule has 9 heteroatoms. The Kier molecular flexibility index (Phi) is 5.44. The average Bonchev–Trinajstić information content (AvgIpc) is 3.43. The number of hydrogen-bond donors (Lipinski definition) is 3. The molecule has 0 spiro atoms. The van der Waals surface area contributed by atoms with Gasteiger partial charge in [-0.1, -0.05) is 13.0 Å². The number of amides is 2. The maximum atomic E-state index is 13.1. The number of imide groups is 1. The van der Waals surface area contributed by atoms with Gasteiger partial charge in [0.05, 0.1) is 18.2 Å². The molecule has 0 bridgehead atoms. The molecule has 34 heavy (non-hydrogen) atoms. The molecule has 0 saturated carbocycles. The second kappa shape index (κ2) is 8.21. The van der Waals surface area contributed by atoms with Crippen LogP contribution in [0.25, 0.3) is 16.5 Å². The Morgan fingerprint density at radius 3 is 2.76 bits per heavy atom. The molecule has 1 aromatic heterocycles. The number of carbonyl (C=O) groups excluding carboxylic acids is 2. The summed E-state index contributed by atoms with van der Waals surface area (Å²) in [5, 5.41) is 25.2. The molecule has 5 rings (SSSR count). The molecule has 178 valence electrons. The smallest absolute Gasteiger partial charge is 0.259 e. The number of aromatic nitrogens is 1. The Bertz CT molecular complexity index is 1300. The zero-order valence-corrected chi connectivity index (χ0v) is 19.6. The fourth-order valence-corrected chi connectivity index (χ4v) is 5.40. The number of aryl methyl sites for hydroxylation is 1. The van der Waals surface area contributed by atoms with Gasteiger partial charge in [-0.05, 0) is 37.0 Å². The molecule has 9 nitrogen and oxygen atoms in total. The number of rotatable bonds is 5. The van der Waals surface area contributed by atoms with Crippen molar-refractivity contribution in [1.29, 1.82) is 0 Å². The van der Waals surface area contributed by atoms with Crippen molar-refractivity contribution < 1.29 is 24.8 Å². The first-order valence-corrected chi connectivity index (χ1v) is 11.3. The zero-order valence-electron chi connectivity index (χ0n) is 19.6. The van der Waals surface area contributed by atoms with E-state index in [0.717, 1.165) is 28.6 Å². The summed E-state index contributed by atoms with van der Waals surface area (Å²) in [6, 6.07) is 5.16. The van der Waals surface area contributed by atoms with Gasteiger partial charge in [0.25, 0.3) is 11.8 Å². The molecule has 4 unspecified atom stereocenters. The van der Waals surface area contributed by atoms with Gasteiger partial charge < -0.3 is 19.8 Å². The van der Waals surface area contributed by atoms with Gasteiger partial charge in [0.1, 0.15) is 6.23 Å². The van der Waals surface area contributed by atoms with E-state index in [2.05, 4.69) is 18.3 Å². The lowest BCUT2D eigenvalue weighted by Gasteiger charge is -2.25. The van der Waals surface area contributed by atoms with Gasteiger partial charge in [-0.15, -0.1) is 0 Å². The summed E-state index contributed by atoms with van der Waals surface area (Å²) < 4.78 is 1.84. The van der Waals surface area contributed by atoms with Crippen LogP contribution in [-0.2, 0) is 21.5 Å². The van der Waals surface area contributed by atoms with Crippen LogP contribution in [0, 0.1) is 17.0 Å². The average molecular weight is 465 g/mol. The van der Waals surface area contributed by atoms with Crippen molar-refractivity contribution in [2.75, 3.05) is 13.7 Å². The zero-order chi connectivity index (χ0) is 24.3. The van der Waals surface area contributed by atoms with E-state index in [9.17, 15) is 19.9 Å². The molecule has 1 aliphatic carbocycles. The largest absolute Gasteiger partial charge is 0.595 e. The first-order chi connectivity index (χ1) is 16.2. The number of benzene rings is 1. The molecule has 0 saturated heterocycles. The lowest BCUT2D eigenvalue weighted by Crippen LogP contribution is -3.00. The number of quaternary nitrogens is 1. The molecule has 0 radical (unpaired) electrons. The van der Waals surface area contributed by atoms with E-state index < -0.39 is 23.3 Å². The Hall–Kier alpha value is -3.24. The summed E-state index contributed by atoms with van der Waals surface area (Å²) in [5.41, 5.74) is 4.59. The van der Waals surface area contributed by atoms with Gasteiger partial charge >= 0.3 is 0 Å². The number of nitrogens with one attached hydrogen (secondary N) is 2. The number of allylic oxidation sites excluding steroid dienone is 2. The molecular weight excluding hydrogens is 436 g/mol. The van der Waals surface area contributed by atoms with Crippen LogP contribution in [0.3, 0.4) is 0 Å². The van der Waals surface area contributed by atoms with Gasteiger partial charge in [0.15, 0.2) is 5.69 Å². The Morgan fingerprint density at radius 1 is 1.29 bits per heavy atom. The van der Waals surface area contributed by atoms with Crippen molar-refractivity contribution in [2.45, 2.75) is 26.5 Å². The van der Waals surface area contributed by atoms with Crippen molar-refractivity contribution in [1.82, 2.24) is 14.8 Å². The van der Waals surface area contributed by atoms with Crippen LogP contribution >= 0.6 is 0 Å². The second-order valence-corrected chi connectivity index (χ2v) is 9.24. The normalized spacial score (nSPS) is 24.4. The molecule has 3 N–H and O–H groups in total. The van der Waals surface area contributed by atoms with Crippen LogP contribution in [0.4, 0.5) is 5.69 Å². The van der Waals surface area contributed by atoms with Crippen LogP contribution in [0.2, 0.25) is 0 Å². The summed E-state index contributed by atoms with van der Waals surface area (Å²) in [4.78, 5) is 33.0. The van der Waals surface area contributed by atoms with Gasteiger partial charge in [0.2, 0.25) is 0 Å². The number of carbonyl (C=O) groups is 2. The molecule has 0 fully saturated rings. The molecule has 2 aromatic rings. The van der Waals surface area contributed by atoms with E-state index >= 15 is 0 Å². The van der Waals surface area contributed by atoms with Crippen molar-refractivity contribution in [3.8, 4) is 0 Å². The summed E-state index contributed by atoms with van der Waals surface area (Å²) in [6.45, 7) is 4.24. The van der Waals surface area contributed by atoms with E-state index in [1.54, 1.807) is 25.1 Å². The van der Waals surface area contributed by atoms with E-state index in [4.69, 9.17) is 4.84 Å². The minimum atomic E-state index is -0.716. The predicted molar refractivity (Wildman–Crippen MR) is 126 cm³/mol. The number of fused-ring (bicyclic) bond motifs is 1. The molecule has 2 aliphatic heterocycles. The fourth-order valence-electron chi connectivity index (χ4n) is 5.40. The monoisotopic (exact) mass is 464 g/mol. The molecular formula is C25H28N4O5. The van der Waals surface area contributed by atoms with Crippen molar-refractivity contribution in [3.05, 3.63) is 64.2 Å². The summed E-state index contributed by atoms with van der Waals surface area (Å²) in [7, 11) is 3.16. The number of hydrogen-bond acceptors (Lipinski definition) is 6. The highest BCUT2D eigenvalue weighted by Gasteiger charge is 2.44. The number of aliphatic hydroxyl groups excluding tert-OH is 1. The van der Waals surface area contributed by atoms with Crippen LogP contribution in [0.5, 0.6) is 0 Å². The molecule has 3 heterocycles. The number of aliphatic hydroxyl groups is 1. The highest BCUT2D eigenvalue weighted by molar-refractivity contribution is 6.37. The maximum Gasteiger partial charge on any atom is 0.259 e. The minimum Gasteiger partial charge on any atom is -0.595 e. The van der Waals surface area contributed by atoms with E-state index in [0.29, 0.717) is 34.9 Å². The lowest BCUT2D eigenvalue weighted by atomic mass is 9.82. The van der Waals surface area contributed by atoms with E-state index in [-0.39, 0.29) is 5.92 Å². The first kappa shape index (κ1) is 22.5. The van der Waals surface area contributed by atoms with Gasteiger partial charge in [-0.2, -0.15) is 5.23 Å². The van der Waals surface area contributed by atoms with Crippen molar-refractivity contribution in [3.63, 3.8) is 0 Å². The topological polar surface area (TPSA) is 111 Å².